The van der Waals surface area contributed by atoms with E-state index >= 15 is 0 Å². The number of rotatable bonds is 10. The second-order valence-corrected chi connectivity index (χ2v) is 8.18. The Morgan fingerprint density at radius 3 is 2.16 bits per heavy atom. The lowest BCUT2D eigenvalue weighted by molar-refractivity contribution is -0.144. The summed E-state index contributed by atoms with van der Waals surface area (Å²) in [7, 11) is 1.28. The number of carbonyl (C=O) groups is 3. The van der Waals surface area contributed by atoms with Crippen molar-refractivity contribution < 1.29 is 24.2 Å². The molecule has 0 radical (unpaired) electrons. The minimum Gasteiger partial charge on any atom is -0.481 e. The molecule has 0 aromatic carbocycles. The van der Waals surface area contributed by atoms with Crippen LogP contribution in [0.3, 0.4) is 0 Å². The number of methoxy groups -OCH3 is 1. The van der Waals surface area contributed by atoms with Crippen LogP contribution in [0.2, 0.25) is 0 Å². The third-order valence-corrected chi connectivity index (χ3v) is 6.90. The van der Waals surface area contributed by atoms with Crippen LogP contribution in [0.15, 0.2) is 0 Å². The highest BCUT2D eigenvalue weighted by molar-refractivity contribution is 8.00. The predicted octanol–water partition coefficient (Wildman–Crippen LogP) is 1.15. The van der Waals surface area contributed by atoms with Crippen LogP contribution in [0.5, 0.6) is 0 Å². The lowest BCUT2D eigenvalue weighted by Gasteiger charge is -2.42. The van der Waals surface area contributed by atoms with E-state index in [1.54, 1.807) is 11.8 Å². The number of carboxylic acid groups (broad SMARTS) is 1. The number of carbonyl (C=O) groups excluding carboxylic acids is 2. The van der Waals surface area contributed by atoms with Crippen molar-refractivity contribution in [3.8, 4) is 0 Å². The van der Waals surface area contributed by atoms with Gasteiger partial charge in [-0.1, -0.05) is 12.8 Å². The molecule has 0 saturated heterocycles. The Hall–Kier alpha value is -1.28. The number of esters is 1. The number of hydrogen-bond donors (Lipinski definition) is 3. The third kappa shape index (κ3) is 5.60. The molecule has 0 spiro atoms. The van der Waals surface area contributed by atoms with Gasteiger partial charge in [0.15, 0.2) is 0 Å². The molecule has 142 valence electrons. The van der Waals surface area contributed by atoms with E-state index in [1.165, 1.54) is 45.6 Å². The fourth-order valence-corrected chi connectivity index (χ4v) is 4.99. The lowest BCUT2D eigenvalue weighted by Crippen LogP contribution is -2.51. The van der Waals surface area contributed by atoms with Crippen molar-refractivity contribution in [2.24, 2.45) is 17.6 Å². The summed E-state index contributed by atoms with van der Waals surface area (Å²) < 4.78 is 4.78. The van der Waals surface area contributed by atoms with Gasteiger partial charge in [0.2, 0.25) is 5.91 Å². The lowest BCUT2D eigenvalue weighted by atomic mass is 9.72. The van der Waals surface area contributed by atoms with Gasteiger partial charge in [-0.3, -0.25) is 9.59 Å². The first-order chi connectivity index (χ1) is 11.9. The van der Waals surface area contributed by atoms with Crippen molar-refractivity contribution >= 4 is 29.6 Å². The SMILES string of the molecule is COC(=O)[C@H](CSC(C1CCC1)C1CCC1)NC(=O)[C@@H](N)CC(=O)O. The zero-order chi connectivity index (χ0) is 18.4. The summed E-state index contributed by atoms with van der Waals surface area (Å²) in [5, 5.41) is 11.8. The van der Waals surface area contributed by atoms with Crippen LogP contribution in [-0.4, -0.2) is 53.1 Å². The summed E-state index contributed by atoms with van der Waals surface area (Å²) in [6.07, 6.45) is 7.05. The summed E-state index contributed by atoms with van der Waals surface area (Å²) in [6, 6.07) is -1.98. The topological polar surface area (TPSA) is 119 Å². The van der Waals surface area contributed by atoms with Crippen LogP contribution in [0, 0.1) is 11.8 Å². The van der Waals surface area contributed by atoms with Crippen LogP contribution in [-0.2, 0) is 19.1 Å². The zero-order valence-electron chi connectivity index (χ0n) is 14.6. The van der Waals surface area contributed by atoms with E-state index < -0.39 is 36.4 Å². The number of hydrogen-bond acceptors (Lipinski definition) is 6. The van der Waals surface area contributed by atoms with Crippen molar-refractivity contribution in [3.63, 3.8) is 0 Å². The Labute approximate surface area is 152 Å². The van der Waals surface area contributed by atoms with Crippen LogP contribution in [0.25, 0.3) is 0 Å². The molecule has 0 aromatic heterocycles. The fourth-order valence-electron chi connectivity index (χ4n) is 3.27. The van der Waals surface area contributed by atoms with Gasteiger partial charge in [-0.2, -0.15) is 11.8 Å². The van der Waals surface area contributed by atoms with E-state index in [2.05, 4.69) is 5.32 Å². The standard InChI is InChI=1S/C17H28N2O5S/c1-24-17(23)13(19-16(22)12(18)8-14(20)21)9-25-15(10-4-2-5-10)11-6-3-7-11/h10-13,15H,2-9,18H2,1H3,(H,19,22)(H,20,21)/t12-,13-/m0/s1. The summed E-state index contributed by atoms with van der Waals surface area (Å²) in [5.41, 5.74) is 5.57. The van der Waals surface area contributed by atoms with Crippen molar-refractivity contribution in [3.05, 3.63) is 0 Å². The quantitative estimate of drug-likeness (QED) is 0.492. The number of amides is 1. The van der Waals surface area contributed by atoms with Crippen LogP contribution >= 0.6 is 11.8 Å². The van der Waals surface area contributed by atoms with Crippen LogP contribution in [0.4, 0.5) is 0 Å². The summed E-state index contributed by atoms with van der Waals surface area (Å²) in [6.45, 7) is 0. The maximum absolute atomic E-state index is 12.0. The molecule has 0 bridgehead atoms. The number of nitrogens with one attached hydrogen (secondary N) is 1. The second kappa shape index (κ2) is 9.43. The van der Waals surface area contributed by atoms with E-state index in [-0.39, 0.29) is 0 Å². The van der Waals surface area contributed by atoms with Gasteiger partial charge in [0, 0.05) is 11.0 Å². The molecule has 2 rings (SSSR count). The molecule has 2 aliphatic rings. The highest BCUT2D eigenvalue weighted by atomic mass is 32.2. The monoisotopic (exact) mass is 372 g/mol. The molecule has 2 saturated carbocycles. The smallest absolute Gasteiger partial charge is 0.329 e. The molecule has 0 aromatic rings. The Morgan fingerprint density at radius 2 is 1.76 bits per heavy atom. The van der Waals surface area contributed by atoms with Gasteiger partial charge < -0.3 is 20.9 Å². The molecule has 4 N–H and O–H groups in total. The molecule has 0 aliphatic heterocycles. The van der Waals surface area contributed by atoms with Gasteiger partial charge in [-0.05, 0) is 37.5 Å². The second-order valence-electron chi connectivity index (χ2n) is 6.97. The van der Waals surface area contributed by atoms with Crippen LogP contribution < -0.4 is 11.1 Å². The molecular formula is C17H28N2O5S. The number of thioether (sulfide) groups is 1. The molecule has 7 nitrogen and oxygen atoms in total. The molecule has 25 heavy (non-hydrogen) atoms. The van der Waals surface area contributed by atoms with Gasteiger partial charge >= 0.3 is 11.9 Å². The average molecular weight is 372 g/mol. The van der Waals surface area contributed by atoms with Crippen molar-refractivity contribution in [2.75, 3.05) is 12.9 Å². The Morgan fingerprint density at radius 1 is 1.20 bits per heavy atom. The first-order valence-electron chi connectivity index (χ1n) is 8.89. The molecule has 0 unspecified atom stereocenters. The van der Waals surface area contributed by atoms with Gasteiger partial charge in [0.1, 0.15) is 6.04 Å². The van der Waals surface area contributed by atoms with E-state index in [4.69, 9.17) is 15.6 Å². The first-order valence-corrected chi connectivity index (χ1v) is 9.94. The van der Waals surface area contributed by atoms with Gasteiger partial charge in [-0.25, -0.2) is 4.79 Å². The molecule has 1 amide bonds. The average Bonchev–Trinajstić information content (AvgIpc) is 2.45. The van der Waals surface area contributed by atoms with Gasteiger partial charge in [0.25, 0.3) is 0 Å². The Balaban J connectivity index is 1.90. The molecule has 8 heteroatoms. The summed E-state index contributed by atoms with van der Waals surface area (Å²) in [5.74, 6) is -0.471. The first kappa shape index (κ1) is 20.0. The molecule has 2 fully saturated rings. The van der Waals surface area contributed by atoms with E-state index in [9.17, 15) is 14.4 Å². The minimum absolute atomic E-state index is 0.426. The predicted molar refractivity (Wildman–Crippen MR) is 95.1 cm³/mol. The number of nitrogens with two attached hydrogens (primary N) is 1. The largest absolute Gasteiger partial charge is 0.481 e. The summed E-state index contributed by atoms with van der Waals surface area (Å²) >= 11 is 1.74. The van der Waals surface area contributed by atoms with Crippen molar-refractivity contribution in [1.29, 1.82) is 0 Å². The minimum atomic E-state index is -1.18. The molecule has 2 aliphatic carbocycles. The molecular weight excluding hydrogens is 344 g/mol. The van der Waals surface area contributed by atoms with Crippen LogP contribution in [0.1, 0.15) is 44.9 Å². The highest BCUT2D eigenvalue weighted by Gasteiger charge is 2.37. The van der Waals surface area contributed by atoms with E-state index in [0.717, 1.165) is 0 Å². The zero-order valence-corrected chi connectivity index (χ0v) is 15.4. The molecule has 0 heterocycles. The molecule has 2 atom stereocenters. The maximum atomic E-state index is 12.0. The highest BCUT2D eigenvalue weighted by Crippen LogP contribution is 2.46. The number of ether oxygens (including phenoxy) is 1. The normalized spacial score (nSPS) is 20.3. The van der Waals surface area contributed by atoms with Crippen molar-refractivity contribution in [1.82, 2.24) is 5.32 Å². The van der Waals surface area contributed by atoms with Gasteiger partial charge in [0.05, 0.1) is 19.6 Å². The summed E-state index contributed by atoms with van der Waals surface area (Å²) in [4.78, 5) is 34.7. The van der Waals surface area contributed by atoms with Gasteiger partial charge in [-0.15, -0.1) is 0 Å². The Bertz CT molecular complexity index is 479. The van der Waals surface area contributed by atoms with E-state index in [0.29, 0.717) is 22.8 Å². The number of carboxylic acids is 1. The Kier molecular flexibility index (Phi) is 7.56. The maximum Gasteiger partial charge on any atom is 0.329 e. The third-order valence-electron chi connectivity index (χ3n) is 5.22. The number of aliphatic carboxylic acids is 1. The van der Waals surface area contributed by atoms with Crippen molar-refractivity contribution in [2.45, 2.75) is 62.3 Å². The van der Waals surface area contributed by atoms with E-state index in [1.807, 2.05) is 0 Å². The fraction of sp³-hybridized carbons (Fsp3) is 0.824.